The summed E-state index contributed by atoms with van der Waals surface area (Å²) in [6.45, 7) is 0.297. The van der Waals surface area contributed by atoms with Crippen LogP contribution in [0.2, 0.25) is 5.02 Å². The minimum absolute atomic E-state index is 0.297. The van der Waals surface area contributed by atoms with Gasteiger partial charge in [0.25, 0.3) is 5.91 Å². The van der Waals surface area contributed by atoms with Gasteiger partial charge in [-0.1, -0.05) is 35.9 Å². The SMILES string of the molecule is COc1cc(/C=N/NC(=O)c2ccccc2C(F)(F)F)cc(I)c1OCc1ccc(Cl)cc1. The van der Waals surface area contributed by atoms with E-state index in [2.05, 4.69) is 33.1 Å². The number of halogens is 5. The summed E-state index contributed by atoms with van der Waals surface area (Å²) < 4.78 is 51.3. The number of amides is 1. The summed E-state index contributed by atoms with van der Waals surface area (Å²) in [4.78, 5) is 12.2. The summed E-state index contributed by atoms with van der Waals surface area (Å²) >= 11 is 7.96. The Morgan fingerprint density at radius 2 is 1.85 bits per heavy atom. The Bertz CT molecular complexity index is 1170. The van der Waals surface area contributed by atoms with E-state index in [-0.39, 0.29) is 0 Å². The number of hydrogen-bond acceptors (Lipinski definition) is 4. The minimum Gasteiger partial charge on any atom is -0.493 e. The van der Waals surface area contributed by atoms with Crippen LogP contribution in [-0.2, 0) is 12.8 Å². The van der Waals surface area contributed by atoms with Crippen LogP contribution >= 0.6 is 34.2 Å². The third-order valence-corrected chi connectivity index (χ3v) is 5.46. The number of benzene rings is 3. The second-order valence-corrected chi connectivity index (χ2v) is 8.29. The van der Waals surface area contributed by atoms with Crippen LogP contribution in [0.1, 0.15) is 27.0 Å². The lowest BCUT2D eigenvalue weighted by molar-refractivity contribution is -0.137. The van der Waals surface area contributed by atoms with Crippen molar-refractivity contribution in [2.24, 2.45) is 5.10 Å². The number of carbonyl (C=O) groups excluding carboxylic acids is 1. The fourth-order valence-electron chi connectivity index (χ4n) is 2.84. The number of nitrogens with zero attached hydrogens (tertiary/aromatic N) is 1. The predicted molar refractivity (Wildman–Crippen MR) is 128 cm³/mol. The molecule has 5 nitrogen and oxygen atoms in total. The molecule has 0 aliphatic carbocycles. The van der Waals surface area contributed by atoms with Gasteiger partial charge in [0.15, 0.2) is 11.5 Å². The van der Waals surface area contributed by atoms with Gasteiger partial charge in [-0.15, -0.1) is 0 Å². The quantitative estimate of drug-likeness (QED) is 0.200. The molecule has 10 heteroatoms. The first-order valence-corrected chi connectivity index (χ1v) is 10.9. The molecule has 3 rings (SSSR count). The number of ether oxygens (including phenoxy) is 2. The zero-order valence-electron chi connectivity index (χ0n) is 17.1. The van der Waals surface area contributed by atoms with Gasteiger partial charge < -0.3 is 9.47 Å². The van der Waals surface area contributed by atoms with E-state index in [0.29, 0.717) is 28.7 Å². The second-order valence-electron chi connectivity index (χ2n) is 6.69. The highest BCUT2D eigenvalue weighted by Gasteiger charge is 2.34. The highest BCUT2D eigenvalue weighted by atomic mass is 127. The van der Waals surface area contributed by atoms with Crippen molar-refractivity contribution in [3.63, 3.8) is 0 Å². The molecule has 0 radical (unpaired) electrons. The maximum absolute atomic E-state index is 13.1. The van der Waals surface area contributed by atoms with Crippen LogP contribution in [0.3, 0.4) is 0 Å². The van der Waals surface area contributed by atoms with Crippen molar-refractivity contribution in [3.05, 3.63) is 91.5 Å². The van der Waals surface area contributed by atoms with Crippen molar-refractivity contribution in [1.82, 2.24) is 5.43 Å². The molecule has 0 aromatic heterocycles. The van der Waals surface area contributed by atoms with Gasteiger partial charge in [-0.25, -0.2) is 5.43 Å². The zero-order chi connectivity index (χ0) is 24.0. The standard InChI is InChI=1S/C23H17ClF3IN2O3/c1-32-20-11-15(10-19(28)21(20)33-13-14-6-8-16(24)9-7-14)12-29-30-22(31)17-4-2-3-5-18(17)23(25,26)27/h2-12H,13H2,1H3,(H,30,31)/b29-12+. The molecule has 33 heavy (non-hydrogen) atoms. The van der Waals surface area contributed by atoms with Crippen LogP contribution in [0.4, 0.5) is 13.2 Å². The lowest BCUT2D eigenvalue weighted by Crippen LogP contribution is -2.22. The van der Waals surface area contributed by atoms with Gasteiger partial charge in [0.05, 0.1) is 28.0 Å². The fourth-order valence-corrected chi connectivity index (χ4v) is 3.75. The molecule has 0 aliphatic rings. The van der Waals surface area contributed by atoms with Crippen LogP contribution in [0.15, 0.2) is 65.8 Å². The number of hydrogen-bond donors (Lipinski definition) is 1. The van der Waals surface area contributed by atoms with Crippen molar-refractivity contribution < 1.29 is 27.4 Å². The van der Waals surface area contributed by atoms with Crippen LogP contribution in [0, 0.1) is 3.57 Å². The van der Waals surface area contributed by atoms with E-state index in [1.807, 2.05) is 12.1 Å². The number of nitrogens with one attached hydrogen (secondary N) is 1. The largest absolute Gasteiger partial charge is 0.493 e. The smallest absolute Gasteiger partial charge is 0.417 e. The highest BCUT2D eigenvalue weighted by molar-refractivity contribution is 14.1. The molecule has 1 N–H and O–H groups in total. The molecule has 3 aromatic rings. The van der Waals surface area contributed by atoms with Gasteiger partial charge in [0.1, 0.15) is 6.61 Å². The van der Waals surface area contributed by atoms with Gasteiger partial charge >= 0.3 is 6.18 Å². The average Bonchev–Trinajstić information content (AvgIpc) is 2.78. The predicted octanol–water partition coefficient (Wildman–Crippen LogP) is 6.31. The Kier molecular flexibility index (Phi) is 8.20. The summed E-state index contributed by atoms with van der Waals surface area (Å²) in [5, 5.41) is 4.41. The Balaban J connectivity index is 1.72. The van der Waals surface area contributed by atoms with Crippen molar-refractivity contribution in [2.75, 3.05) is 7.11 Å². The molecular weight excluding hydrogens is 572 g/mol. The third kappa shape index (κ3) is 6.61. The monoisotopic (exact) mass is 588 g/mol. The van der Waals surface area contributed by atoms with Crippen molar-refractivity contribution in [1.29, 1.82) is 0 Å². The van der Waals surface area contributed by atoms with E-state index in [0.717, 1.165) is 21.3 Å². The molecular formula is C23H17ClF3IN2O3. The van der Waals surface area contributed by atoms with Gasteiger partial charge in [-0.2, -0.15) is 18.3 Å². The van der Waals surface area contributed by atoms with Gasteiger partial charge in [-0.05, 0) is 70.1 Å². The number of hydrazone groups is 1. The fraction of sp³-hybridized carbons (Fsp3) is 0.130. The van der Waals surface area contributed by atoms with Crippen LogP contribution in [-0.4, -0.2) is 19.2 Å². The molecule has 1 amide bonds. The third-order valence-electron chi connectivity index (χ3n) is 4.41. The van der Waals surface area contributed by atoms with E-state index in [1.165, 1.54) is 25.5 Å². The summed E-state index contributed by atoms with van der Waals surface area (Å²) in [6, 6.07) is 15.1. The molecule has 3 aromatic carbocycles. The maximum atomic E-state index is 13.1. The van der Waals surface area contributed by atoms with Gasteiger partial charge in [0.2, 0.25) is 0 Å². The number of alkyl halides is 3. The Hall–Kier alpha value is -2.79. The van der Waals surface area contributed by atoms with Crippen molar-refractivity contribution in [3.8, 4) is 11.5 Å². The van der Waals surface area contributed by atoms with E-state index in [9.17, 15) is 18.0 Å². The van der Waals surface area contributed by atoms with Gasteiger partial charge in [0, 0.05) is 5.02 Å². The molecule has 0 unspecified atom stereocenters. The van der Waals surface area contributed by atoms with Crippen LogP contribution in [0.25, 0.3) is 0 Å². The maximum Gasteiger partial charge on any atom is 0.417 e. The van der Waals surface area contributed by atoms with E-state index < -0.39 is 23.2 Å². The first-order chi connectivity index (χ1) is 15.7. The first-order valence-electron chi connectivity index (χ1n) is 9.43. The molecule has 0 bridgehead atoms. The summed E-state index contributed by atoms with van der Waals surface area (Å²) in [6.07, 6.45) is -3.34. The lowest BCUT2D eigenvalue weighted by atomic mass is 10.1. The normalized spacial score (nSPS) is 11.5. The van der Waals surface area contributed by atoms with Gasteiger partial charge in [-0.3, -0.25) is 4.79 Å². The molecule has 172 valence electrons. The summed E-state index contributed by atoms with van der Waals surface area (Å²) in [5.74, 6) is -0.0110. The lowest BCUT2D eigenvalue weighted by Gasteiger charge is -2.14. The Morgan fingerprint density at radius 3 is 2.52 bits per heavy atom. The van der Waals surface area contributed by atoms with Crippen LogP contribution in [0.5, 0.6) is 11.5 Å². The highest BCUT2D eigenvalue weighted by Crippen LogP contribution is 2.34. The van der Waals surface area contributed by atoms with Crippen molar-refractivity contribution in [2.45, 2.75) is 12.8 Å². The van der Waals surface area contributed by atoms with Crippen LogP contribution < -0.4 is 14.9 Å². The zero-order valence-corrected chi connectivity index (χ0v) is 20.0. The molecule has 0 fully saturated rings. The topological polar surface area (TPSA) is 59.9 Å². The molecule has 0 saturated heterocycles. The van der Waals surface area contributed by atoms with Crippen molar-refractivity contribution >= 4 is 46.3 Å². The molecule has 0 atom stereocenters. The number of carbonyl (C=O) groups is 1. The molecule has 0 heterocycles. The first kappa shape index (κ1) is 24.8. The Labute approximate surface area is 206 Å². The molecule has 0 aliphatic heterocycles. The molecule has 0 saturated carbocycles. The Morgan fingerprint density at radius 1 is 1.15 bits per heavy atom. The number of rotatable bonds is 7. The molecule has 0 spiro atoms. The number of methoxy groups -OCH3 is 1. The van der Waals surface area contributed by atoms with E-state index in [4.69, 9.17) is 21.1 Å². The van der Waals surface area contributed by atoms with E-state index >= 15 is 0 Å². The second kappa shape index (κ2) is 10.9. The average molecular weight is 589 g/mol. The summed E-state index contributed by atoms with van der Waals surface area (Å²) in [7, 11) is 1.48. The summed E-state index contributed by atoms with van der Waals surface area (Å²) in [5.41, 5.74) is 2.06. The minimum atomic E-state index is -4.65. The van der Waals surface area contributed by atoms with E-state index in [1.54, 1.807) is 24.3 Å².